The molecular formula is C18H27IN4O3. The zero-order valence-electron chi connectivity index (χ0n) is 15.8. The topological polar surface area (TPSA) is 80.9 Å². The fourth-order valence-electron chi connectivity index (χ4n) is 2.35. The van der Waals surface area contributed by atoms with Crippen molar-refractivity contribution < 1.29 is 14.0 Å². The molecule has 144 valence electrons. The maximum atomic E-state index is 5.44. The van der Waals surface area contributed by atoms with Gasteiger partial charge in [0.2, 0.25) is 0 Å². The Balaban J connectivity index is 0.00000338. The summed E-state index contributed by atoms with van der Waals surface area (Å²) >= 11 is 0. The van der Waals surface area contributed by atoms with Crippen molar-refractivity contribution in [2.45, 2.75) is 32.9 Å². The van der Waals surface area contributed by atoms with Crippen LogP contribution in [0.4, 0.5) is 0 Å². The smallest absolute Gasteiger partial charge is 0.191 e. The molecule has 1 aromatic carbocycles. The standard InChI is InChI=1S/C18H26N4O3.HI/c1-12(2)15-9-14(25-22-15)11-21-18(19-3)20-10-13-7-6-8-16(23-4)17(13)24-5;/h6-9,12H,10-11H2,1-5H3,(H2,19,20,21);1H. The first-order chi connectivity index (χ1) is 12.1. The van der Waals surface area contributed by atoms with Gasteiger partial charge in [0.15, 0.2) is 23.2 Å². The van der Waals surface area contributed by atoms with Crippen molar-refractivity contribution in [3.8, 4) is 11.5 Å². The third-order valence-electron chi connectivity index (χ3n) is 3.75. The highest BCUT2D eigenvalue weighted by Crippen LogP contribution is 2.30. The molecule has 2 N–H and O–H groups in total. The van der Waals surface area contributed by atoms with E-state index in [2.05, 4.69) is 34.6 Å². The van der Waals surface area contributed by atoms with E-state index in [1.807, 2.05) is 24.3 Å². The van der Waals surface area contributed by atoms with Crippen LogP contribution in [0.15, 0.2) is 33.8 Å². The fourth-order valence-corrected chi connectivity index (χ4v) is 2.35. The highest BCUT2D eigenvalue weighted by Gasteiger charge is 2.11. The molecule has 0 aliphatic heterocycles. The molecular weight excluding hydrogens is 447 g/mol. The number of nitrogens with zero attached hydrogens (tertiary/aromatic N) is 2. The summed E-state index contributed by atoms with van der Waals surface area (Å²) in [4.78, 5) is 4.22. The third-order valence-corrected chi connectivity index (χ3v) is 3.75. The molecule has 0 saturated carbocycles. The number of hydrogen-bond acceptors (Lipinski definition) is 5. The lowest BCUT2D eigenvalue weighted by Crippen LogP contribution is -2.36. The number of benzene rings is 1. The first kappa shape index (κ1) is 22.1. The average molecular weight is 474 g/mol. The fraction of sp³-hybridized carbons (Fsp3) is 0.444. The minimum atomic E-state index is 0. The Morgan fingerprint density at radius 2 is 1.92 bits per heavy atom. The highest BCUT2D eigenvalue weighted by atomic mass is 127. The average Bonchev–Trinajstić information content (AvgIpc) is 3.10. The van der Waals surface area contributed by atoms with Gasteiger partial charge in [0.05, 0.1) is 26.5 Å². The molecule has 0 bridgehead atoms. The summed E-state index contributed by atoms with van der Waals surface area (Å²) in [6.07, 6.45) is 0. The van der Waals surface area contributed by atoms with E-state index in [1.54, 1.807) is 21.3 Å². The monoisotopic (exact) mass is 474 g/mol. The normalized spacial score (nSPS) is 11.1. The van der Waals surface area contributed by atoms with Crippen LogP contribution in [-0.4, -0.2) is 32.4 Å². The molecule has 0 spiro atoms. The maximum Gasteiger partial charge on any atom is 0.191 e. The number of rotatable bonds is 7. The summed E-state index contributed by atoms with van der Waals surface area (Å²) in [6.45, 7) is 5.22. The van der Waals surface area contributed by atoms with Crippen LogP contribution in [0, 0.1) is 0 Å². The lowest BCUT2D eigenvalue weighted by atomic mass is 10.1. The van der Waals surface area contributed by atoms with Gasteiger partial charge >= 0.3 is 0 Å². The van der Waals surface area contributed by atoms with Crippen LogP contribution in [-0.2, 0) is 13.1 Å². The summed E-state index contributed by atoms with van der Waals surface area (Å²) in [5.41, 5.74) is 1.92. The number of methoxy groups -OCH3 is 2. The van der Waals surface area contributed by atoms with Gasteiger partial charge < -0.3 is 24.6 Å². The molecule has 0 saturated heterocycles. The van der Waals surface area contributed by atoms with Gasteiger partial charge in [0.25, 0.3) is 0 Å². The predicted octanol–water partition coefficient (Wildman–Crippen LogP) is 3.30. The van der Waals surface area contributed by atoms with Crippen LogP contribution in [0.3, 0.4) is 0 Å². The highest BCUT2D eigenvalue weighted by molar-refractivity contribution is 14.0. The number of hydrogen-bond donors (Lipinski definition) is 2. The molecule has 1 aromatic heterocycles. The van der Waals surface area contributed by atoms with Crippen LogP contribution >= 0.6 is 24.0 Å². The van der Waals surface area contributed by atoms with Gasteiger partial charge in [-0.2, -0.15) is 0 Å². The Morgan fingerprint density at radius 3 is 2.50 bits per heavy atom. The van der Waals surface area contributed by atoms with Crippen molar-refractivity contribution in [3.63, 3.8) is 0 Å². The summed E-state index contributed by atoms with van der Waals surface area (Å²) in [5, 5.41) is 10.5. The Bertz CT molecular complexity index is 716. The summed E-state index contributed by atoms with van der Waals surface area (Å²) in [5.74, 6) is 3.19. The van der Waals surface area contributed by atoms with Crippen molar-refractivity contribution in [1.29, 1.82) is 0 Å². The van der Waals surface area contributed by atoms with Gasteiger partial charge in [0, 0.05) is 25.2 Å². The molecule has 0 atom stereocenters. The Labute approximate surface area is 171 Å². The molecule has 0 fully saturated rings. The van der Waals surface area contributed by atoms with Crippen molar-refractivity contribution in [2.24, 2.45) is 4.99 Å². The largest absolute Gasteiger partial charge is 0.493 e. The van der Waals surface area contributed by atoms with E-state index in [9.17, 15) is 0 Å². The van der Waals surface area contributed by atoms with Crippen LogP contribution < -0.4 is 20.1 Å². The maximum absolute atomic E-state index is 5.44. The van der Waals surface area contributed by atoms with Crippen LogP contribution in [0.2, 0.25) is 0 Å². The Morgan fingerprint density at radius 1 is 1.19 bits per heavy atom. The molecule has 0 aliphatic carbocycles. The van der Waals surface area contributed by atoms with Gasteiger partial charge in [-0.1, -0.05) is 31.1 Å². The number of aromatic nitrogens is 1. The molecule has 0 unspecified atom stereocenters. The van der Waals surface area contributed by atoms with E-state index in [4.69, 9.17) is 14.0 Å². The number of para-hydroxylation sites is 1. The molecule has 2 aromatic rings. The first-order valence-corrected chi connectivity index (χ1v) is 8.18. The van der Waals surface area contributed by atoms with Gasteiger partial charge in [-0.05, 0) is 12.0 Å². The van der Waals surface area contributed by atoms with E-state index in [0.717, 1.165) is 17.0 Å². The van der Waals surface area contributed by atoms with E-state index < -0.39 is 0 Å². The second-order valence-electron chi connectivity index (χ2n) is 5.80. The number of guanidine groups is 1. The van der Waals surface area contributed by atoms with Crippen LogP contribution in [0.25, 0.3) is 0 Å². The van der Waals surface area contributed by atoms with Crippen molar-refractivity contribution in [1.82, 2.24) is 15.8 Å². The van der Waals surface area contributed by atoms with Gasteiger partial charge in [-0.3, -0.25) is 4.99 Å². The number of ether oxygens (including phenoxy) is 2. The van der Waals surface area contributed by atoms with Crippen molar-refractivity contribution in [3.05, 3.63) is 41.3 Å². The van der Waals surface area contributed by atoms with Crippen LogP contribution in [0.5, 0.6) is 11.5 Å². The minimum absolute atomic E-state index is 0. The van der Waals surface area contributed by atoms with Gasteiger partial charge in [-0.25, -0.2) is 0 Å². The van der Waals surface area contributed by atoms with E-state index >= 15 is 0 Å². The van der Waals surface area contributed by atoms with E-state index in [1.165, 1.54) is 0 Å². The van der Waals surface area contributed by atoms with Gasteiger partial charge in [-0.15, -0.1) is 24.0 Å². The zero-order chi connectivity index (χ0) is 18.2. The number of nitrogens with one attached hydrogen (secondary N) is 2. The molecule has 7 nitrogen and oxygen atoms in total. The van der Waals surface area contributed by atoms with E-state index in [0.29, 0.717) is 36.5 Å². The van der Waals surface area contributed by atoms with E-state index in [-0.39, 0.29) is 24.0 Å². The number of halogens is 1. The second-order valence-corrected chi connectivity index (χ2v) is 5.80. The molecule has 2 rings (SSSR count). The quantitative estimate of drug-likeness (QED) is 0.364. The molecule has 0 radical (unpaired) electrons. The molecule has 8 heteroatoms. The minimum Gasteiger partial charge on any atom is -0.493 e. The third kappa shape index (κ3) is 5.79. The van der Waals surface area contributed by atoms with Crippen molar-refractivity contribution in [2.75, 3.05) is 21.3 Å². The molecule has 0 amide bonds. The molecule has 0 aliphatic rings. The first-order valence-electron chi connectivity index (χ1n) is 8.18. The van der Waals surface area contributed by atoms with Crippen molar-refractivity contribution >= 4 is 29.9 Å². The Kier molecular flexibility index (Phi) is 9.25. The van der Waals surface area contributed by atoms with Gasteiger partial charge in [0.1, 0.15) is 0 Å². The lowest BCUT2D eigenvalue weighted by molar-refractivity contribution is 0.351. The predicted molar refractivity (Wildman–Crippen MR) is 113 cm³/mol. The molecule has 1 heterocycles. The second kappa shape index (κ2) is 10.9. The Hall–Kier alpha value is -1.97. The zero-order valence-corrected chi connectivity index (χ0v) is 18.2. The molecule has 26 heavy (non-hydrogen) atoms. The summed E-state index contributed by atoms with van der Waals surface area (Å²) in [7, 11) is 4.97. The summed E-state index contributed by atoms with van der Waals surface area (Å²) in [6, 6.07) is 7.73. The summed E-state index contributed by atoms with van der Waals surface area (Å²) < 4.78 is 16.1. The lowest BCUT2D eigenvalue weighted by Gasteiger charge is -2.15. The number of aliphatic imine (C=N–C) groups is 1. The SMILES string of the molecule is CN=C(NCc1cc(C(C)C)no1)NCc1cccc(OC)c1OC.I. The van der Waals surface area contributed by atoms with Crippen LogP contribution in [0.1, 0.15) is 36.8 Å².